The molecule has 4 atom stereocenters. The summed E-state index contributed by atoms with van der Waals surface area (Å²) in [5.41, 5.74) is 14.6. The molecule has 13 heteroatoms. The van der Waals surface area contributed by atoms with Crippen molar-refractivity contribution in [2.24, 2.45) is 5.73 Å². The number of aliphatic hydroxyl groups is 1. The Morgan fingerprint density at radius 2 is 2.00 bits per heavy atom. The Labute approximate surface area is 227 Å². The predicted molar refractivity (Wildman–Crippen MR) is 146 cm³/mol. The van der Waals surface area contributed by atoms with Crippen LogP contribution in [0.1, 0.15) is 11.9 Å². The summed E-state index contributed by atoms with van der Waals surface area (Å²) in [7, 11) is 0. The zero-order valence-corrected chi connectivity index (χ0v) is 21.6. The number of fused-ring (bicyclic) bond motifs is 2. The van der Waals surface area contributed by atoms with E-state index in [-0.39, 0.29) is 18.5 Å². The minimum Gasteiger partial charge on any atom is -0.491 e. The van der Waals surface area contributed by atoms with Crippen LogP contribution in [-0.2, 0) is 4.74 Å². The van der Waals surface area contributed by atoms with Gasteiger partial charge in [-0.2, -0.15) is 5.10 Å². The van der Waals surface area contributed by atoms with Gasteiger partial charge >= 0.3 is 0 Å². The summed E-state index contributed by atoms with van der Waals surface area (Å²) >= 11 is 0. The van der Waals surface area contributed by atoms with Crippen LogP contribution in [0.2, 0.25) is 0 Å². The van der Waals surface area contributed by atoms with E-state index in [1.165, 1.54) is 10.9 Å². The van der Waals surface area contributed by atoms with Crippen molar-refractivity contribution in [3.05, 3.63) is 60.8 Å². The summed E-state index contributed by atoms with van der Waals surface area (Å²) in [5, 5.41) is 16.7. The number of aromatic nitrogens is 6. The van der Waals surface area contributed by atoms with Gasteiger partial charge in [-0.3, -0.25) is 0 Å². The molecule has 4 aromatic heterocycles. The van der Waals surface area contributed by atoms with Crippen molar-refractivity contribution in [1.82, 2.24) is 29.3 Å². The molecule has 0 spiro atoms. The molecule has 0 radical (unpaired) electrons. The zero-order valence-electron chi connectivity index (χ0n) is 21.6. The fraction of sp³-hybridized carbons (Fsp3) is 0.333. The lowest BCUT2D eigenvalue weighted by Gasteiger charge is -2.37. The summed E-state index contributed by atoms with van der Waals surface area (Å²) in [5.74, 6) is 1.62. The summed E-state index contributed by atoms with van der Waals surface area (Å²) in [4.78, 5) is 15.3. The average Bonchev–Trinajstić information content (AvgIpc) is 3.61. The molecule has 2 fully saturated rings. The minimum absolute atomic E-state index is 0.0637. The highest BCUT2D eigenvalue weighted by atomic mass is 19.1. The second-order valence-electron chi connectivity index (χ2n) is 10.3. The van der Waals surface area contributed by atoms with E-state index in [1.54, 1.807) is 17.1 Å². The third-order valence-electron chi connectivity index (χ3n) is 7.45. The highest BCUT2D eigenvalue weighted by Gasteiger charge is 2.46. The second kappa shape index (κ2) is 9.40. The normalized spacial score (nSPS) is 23.2. The van der Waals surface area contributed by atoms with Gasteiger partial charge in [-0.05, 0) is 37.3 Å². The van der Waals surface area contributed by atoms with Crippen molar-refractivity contribution >= 4 is 33.6 Å². The maximum absolute atomic E-state index is 15.5. The number of hydrogen-bond acceptors (Lipinski definition) is 10. The third kappa shape index (κ3) is 4.10. The number of aliphatic hydroxyl groups excluding tert-OH is 1. The Hall–Kier alpha value is -4.33. The third-order valence-corrected chi connectivity index (χ3v) is 7.45. The van der Waals surface area contributed by atoms with Crippen LogP contribution in [0, 0.1) is 6.92 Å². The molecule has 5 aromatic rings. The smallest absolute Gasteiger partial charge is 0.173 e. The SMILES string of the molecule is Cc1ccn(-c2cn([C@@H]3O[C@H](COc4ccc5ccc(N6CC(N)C6)nc5c4)[C@@H](O)[C@@H]3F)c3ncnc(N)c23)n1. The maximum Gasteiger partial charge on any atom is 0.173 e. The van der Waals surface area contributed by atoms with Crippen LogP contribution >= 0.6 is 0 Å². The average molecular weight is 546 g/mol. The Morgan fingerprint density at radius 1 is 1.18 bits per heavy atom. The van der Waals surface area contributed by atoms with E-state index in [0.717, 1.165) is 35.5 Å². The largest absolute Gasteiger partial charge is 0.491 e. The number of benzene rings is 1. The monoisotopic (exact) mass is 545 g/mol. The number of alkyl halides is 1. The van der Waals surface area contributed by atoms with Crippen molar-refractivity contribution in [3.8, 4) is 11.4 Å². The molecule has 2 aliphatic heterocycles. The van der Waals surface area contributed by atoms with E-state index in [4.69, 9.17) is 25.9 Å². The van der Waals surface area contributed by atoms with Gasteiger partial charge in [-0.25, -0.2) is 24.0 Å². The predicted octanol–water partition coefficient (Wildman–Crippen LogP) is 1.88. The van der Waals surface area contributed by atoms with Gasteiger partial charge in [0.1, 0.15) is 48.2 Å². The molecule has 12 nitrogen and oxygen atoms in total. The molecule has 1 aromatic carbocycles. The standard InChI is InChI=1S/C27H28FN9O3/c1-14-6-7-37(34-14)19-11-36(26-22(19)25(30)31-13-32-26)27-23(28)24(38)20(40-27)12-39-17-4-2-15-3-5-21(33-18(15)8-17)35-9-16(29)10-35/h2-8,11,13,16,20,23-24,27,38H,9-10,12,29H2,1H3,(H2,30,31,32)/t20-,23+,24-,27-/m1/s1. The van der Waals surface area contributed by atoms with Crippen LogP contribution in [0.4, 0.5) is 16.0 Å². The Bertz CT molecular complexity index is 1720. The fourth-order valence-corrected chi connectivity index (χ4v) is 5.30. The molecule has 0 saturated carbocycles. The lowest BCUT2D eigenvalue weighted by molar-refractivity contribution is -0.0410. The minimum atomic E-state index is -1.74. The number of hydrogen-bond donors (Lipinski definition) is 3. The van der Waals surface area contributed by atoms with Gasteiger partial charge in [-0.15, -0.1) is 0 Å². The molecule has 40 heavy (non-hydrogen) atoms. The molecule has 0 aliphatic carbocycles. The van der Waals surface area contributed by atoms with Gasteiger partial charge in [0, 0.05) is 43.0 Å². The number of aryl methyl sites for hydroxylation is 1. The Balaban J connectivity index is 1.12. The van der Waals surface area contributed by atoms with Gasteiger partial charge in [0.2, 0.25) is 0 Å². The number of anilines is 2. The first-order valence-electron chi connectivity index (χ1n) is 13.0. The molecule has 0 amide bonds. The molecule has 0 bridgehead atoms. The molecule has 2 aliphatic rings. The Morgan fingerprint density at radius 3 is 2.77 bits per heavy atom. The number of nitrogens with two attached hydrogens (primary N) is 2. The number of nitrogens with zero attached hydrogens (tertiary/aromatic N) is 7. The van der Waals surface area contributed by atoms with E-state index >= 15 is 4.39 Å². The highest BCUT2D eigenvalue weighted by Crippen LogP contribution is 2.37. The first kappa shape index (κ1) is 24.7. The Kier molecular flexibility index (Phi) is 5.80. The number of halogens is 1. The molecule has 2 saturated heterocycles. The van der Waals surface area contributed by atoms with Crippen molar-refractivity contribution in [1.29, 1.82) is 0 Å². The van der Waals surface area contributed by atoms with Crippen molar-refractivity contribution in [3.63, 3.8) is 0 Å². The van der Waals surface area contributed by atoms with E-state index in [2.05, 4.69) is 20.0 Å². The number of ether oxygens (including phenoxy) is 2. The van der Waals surface area contributed by atoms with Crippen LogP contribution in [-0.4, -0.2) is 78.5 Å². The van der Waals surface area contributed by atoms with Crippen LogP contribution in [0.25, 0.3) is 27.6 Å². The van der Waals surface area contributed by atoms with Crippen LogP contribution in [0.15, 0.2) is 55.1 Å². The van der Waals surface area contributed by atoms with Gasteiger partial charge < -0.3 is 35.5 Å². The van der Waals surface area contributed by atoms with E-state index in [0.29, 0.717) is 22.5 Å². The van der Waals surface area contributed by atoms with Crippen molar-refractivity contribution in [2.75, 3.05) is 30.3 Å². The van der Waals surface area contributed by atoms with Gasteiger partial charge in [-0.1, -0.05) is 0 Å². The lowest BCUT2D eigenvalue weighted by Crippen LogP contribution is -2.56. The van der Waals surface area contributed by atoms with Gasteiger partial charge in [0.15, 0.2) is 12.4 Å². The van der Waals surface area contributed by atoms with E-state index in [9.17, 15) is 5.11 Å². The maximum atomic E-state index is 15.5. The molecule has 5 N–H and O–H groups in total. The summed E-state index contributed by atoms with van der Waals surface area (Å²) < 4.78 is 30.6. The molecular weight excluding hydrogens is 517 g/mol. The lowest BCUT2D eigenvalue weighted by atomic mass is 10.1. The summed E-state index contributed by atoms with van der Waals surface area (Å²) in [6.07, 6.45) is -0.504. The van der Waals surface area contributed by atoms with E-state index < -0.39 is 24.6 Å². The summed E-state index contributed by atoms with van der Waals surface area (Å²) in [6.45, 7) is 3.34. The molecular formula is C27H28FN9O3. The number of nitrogen functional groups attached to an aromatic ring is 1. The molecule has 7 rings (SSSR count). The van der Waals surface area contributed by atoms with Crippen molar-refractivity contribution in [2.45, 2.75) is 37.6 Å². The van der Waals surface area contributed by atoms with Gasteiger partial charge in [0.25, 0.3) is 0 Å². The van der Waals surface area contributed by atoms with Crippen LogP contribution < -0.4 is 21.1 Å². The number of pyridine rings is 1. The second-order valence-corrected chi connectivity index (χ2v) is 10.3. The van der Waals surface area contributed by atoms with E-state index in [1.807, 2.05) is 43.3 Å². The first-order valence-corrected chi connectivity index (χ1v) is 13.0. The quantitative estimate of drug-likeness (QED) is 0.288. The first-order chi connectivity index (χ1) is 19.4. The molecule has 0 unspecified atom stereocenters. The zero-order chi connectivity index (χ0) is 27.5. The highest BCUT2D eigenvalue weighted by molar-refractivity contribution is 5.94. The number of rotatable bonds is 6. The van der Waals surface area contributed by atoms with Crippen LogP contribution in [0.3, 0.4) is 0 Å². The molecule has 6 heterocycles. The van der Waals surface area contributed by atoms with Gasteiger partial charge in [0.05, 0.1) is 22.3 Å². The fourth-order valence-electron chi connectivity index (χ4n) is 5.30. The topological polar surface area (TPSA) is 155 Å². The van der Waals surface area contributed by atoms with Crippen molar-refractivity contribution < 1.29 is 19.0 Å². The van der Waals surface area contributed by atoms with Crippen LogP contribution in [0.5, 0.6) is 5.75 Å². The summed E-state index contributed by atoms with van der Waals surface area (Å²) in [6, 6.07) is 11.5. The molecule has 206 valence electrons.